The fourth-order valence-corrected chi connectivity index (χ4v) is 3.40. The van der Waals surface area contributed by atoms with Crippen molar-refractivity contribution in [2.24, 2.45) is 4.99 Å². The number of rotatable bonds is 8. The molecular formula is C21H32FIN6O. The van der Waals surface area contributed by atoms with Crippen LogP contribution < -0.4 is 10.6 Å². The number of nitrogens with one attached hydrogen (secondary N) is 2. The summed E-state index contributed by atoms with van der Waals surface area (Å²) >= 11 is 0. The number of morpholine rings is 1. The molecule has 0 spiro atoms. The number of nitrogens with zero attached hydrogens (tertiary/aromatic N) is 4. The Hall–Kier alpha value is -1.72. The van der Waals surface area contributed by atoms with E-state index in [1.165, 1.54) is 12.1 Å². The first-order chi connectivity index (χ1) is 14.2. The van der Waals surface area contributed by atoms with Crippen molar-refractivity contribution < 1.29 is 9.13 Å². The Morgan fingerprint density at radius 2 is 1.97 bits per heavy atom. The van der Waals surface area contributed by atoms with Crippen LogP contribution in [-0.4, -0.2) is 66.6 Å². The first-order valence-electron chi connectivity index (χ1n) is 10.2. The predicted octanol–water partition coefficient (Wildman–Crippen LogP) is 2.58. The van der Waals surface area contributed by atoms with E-state index < -0.39 is 0 Å². The van der Waals surface area contributed by atoms with Crippen LogP contribution >= 0.6 is 24.0 Å². The summed E-state index contributed by atoms with van der Waals surface area (Å²) in [6.45, 7) is 10.1. The van der Waals surface area contributed by atoms with Crippen LogP contribution in [0.4, 0.5) is 4.39 Å². The highest BCUT2D eigenvalue weighted by atomic mass is 127. The molecule has 1 aliphatic heterocycles. The third kappa shape index (κ3) is 7.51. The van der Waals surface area contributed by atoms with E-state index in [2.05, 4.69) is 20.6 Å². The number of ether oxygens (including phenoxy) is 1. The Kier molecular flexibility index (Phi) is 10.5. The smallest absolute Gasteiger partial charge is 0.191 e. The summed E-state index contributed by atoms with van der Waals surface area (Å²) < 4.78 is 20.8. The van der Waals surface area contributed by atoms with Gasteiger partial charge in [0, 0.05) is 32.4 Å². The van der Waals surface area contributed by atoms with Crippen molar-refractivity contribution in [3.63, 3.8) is 0 Å². The number of aliphatic imine (C=N–C) groups is 1. The summed E-state index contributed by atoms with van der Waals surface area (Å²) in [5, 5.41) is 11.0. The zero-order valence-electron chi connectivity index (χ0n) is 17.7. The molecule has 2 N–H and O–H groups in total. The van der Waals surface area contributed by atoms with Gasteiger partial charge in [-0.25, -0.2) is 4.39 Å². The minimum atomic E-state index is -0.221. The van der Waals surface area contributed by atoms with Crippen molar-refractivity contribution in [2.45, 2.75) is 26.4 Å². The van der Waals surface area contributed by atoms with Crippen LogP contribution in [0, 0.1) is 12.7 Å². The van der Waals surface area contributed by atoms with Gasteiger partial charge in [0.1, 0.15) is 5.82 Å². The Bertz CT molecular complexity index is 776. The summed E-state index contributed by atoms with van der Waals surface area (Å²) in [5.74, 6) is 0.554. The second kappa shape index (κ2) is 12.9. The Morgan fingerprint density at radius 3 is 2.60 bits per heavy atom. The molecule has 1 aromatic carbocycles. The molecule has 1 aliphatic rings. The molecule has 0 saturated carbocycles. The van der Waals surface area contributed by atoms with E-state index >= 15 is 0 Å². The van der Waals surface area contributed by atoms with Crippen molar-refractivity contribution >= 4 is 29.9 Å². The lowest BCUT2D eigenvalue weighted by atomic mass is 10.0. The molecule has 0 bridgehead atoms. The summed E-state index contributed by atoms with van der Waals surface area (Å²) in [4.78, 5) is 7.17. The van der Waals surface area contributed by atoms with E-state index in [1.807, 2.05) is 43.1 Å². The molecule has 2 aromatic rings. The van der Waals surface area contributed by atoms with Crippen LogP contribution in [0.3, 0.4) is 0 Å². The first kappa shape index (κ1) is 24.5. The van der Waals surface area contributed by atoms with Crippen molar-refractivity contribution in [1.82, 2.24) is 25.3 Å². The number of guanidine groups is 1. The summed E-state index contributed by atoms with van der Waals surface area (Å²) in [6.07, 6.45) is 3.88. The van der Waals surface area contributed by atoms with Gasteiger partial charge in [0.15, 0.2) is 5.96 Å². The molecule has 1 fully saturated rings. The molecule has 0 radical (unpaired) electrons. The number of benzene rings is 1. The number of hydrogen-bond acceptors (Lipinski definition) is 4. The summed E-state index contributed by atoms with van der Waals surface area (Å²) in [5.41, 5.74) is 2.22. The summed E-state index contributed by atoms with van der Waals surface area (Å²) in [7, 11) is 0. The van der Waals surface area contributed by atoms with Gasteiger partial charge < -0.3 is 15.4 Å². The highest BCUT2D eigenvalue weighted by Crippen LogP contribution is 2.22. The molecule has 30 heavy (non-hydrogen) atoms. The van der Waals surface area contributed by atoms with Crippen molar-refractivity contribution in [3.05, 3.63) is 53.6 Å². The van der Waals surface area contributed by atoms with E-state index in [0.29, 0.717) is 19.8 Å². The average Bonchev–Trinajstić information content (AvgIpc) is 3.15. The van der Waals surface area contributed by atoms with Crippen LogP contribution in [-0.2, 0) is 11.3 Å². The molecule has 1 atom stereocenters. The predicted molar refractivity (Wildman–Crippen MR) is 128 cm³/mol. The number of aryl methyl sites for hydroxylation is 1. The topological polar surface area (TPSA) is 66.7 Å². The van der Waals surface area contributed by atoms with Gasteiger partial charge in [0.05, 0.1) is 38.5 Å². The van der Waals surface area contributed by atoms with Crippen LogP contribution in [0.5, 0.6) is 0 Å². The van der Waals surface area contributed by atoms with Crippen LogP contribution in [0.25, 0.3) is 0 Å². The minimum Gasteiger partial charge on any atom is -0.379 e. The quantitative estimate of drug-likeness (QED) is 0.312. The molecule has 166 valence electrons. The molecule has 7 nitrogen and oxygen atoms in total. The lowest BCUT2D eigenvalue weighted by Crippen LogP contribution is -2.42. The maximum absolute atomic E-state index is 13.4. The molecule has 1 aromatic heterocycles. The lowest BCUT2D eigenvalue weighted by Gasteiger charge is -2.34. The highest BCUT2D eigenvalue weighted by molar-refractivity contribution is 14.0. The standard InChI is InChI=1S/C21H31FN6O.HI/c1-3-23-21(24-8-9-28-16-17(2)14-26-28)25-15-20(27-10-12-29-13-11-27)18-4-6-19(22)7-5-18;/h4-7,14,16,20H,3,8-13,15H2,1-2H3,(H2,23,24,25);1H. The van der Waals surface area contributed by atoms with Gasteiger partial charge >= 0.3 is 0 Å². The SMILES string of the molecule is CCNC(=NCC(c1ccc(F)cc1)N1CCOCC1)NCCn1cc(C)cn1.I. The largest absolute Gasteiger partial charge is 0.379 e. The third-order valence-electron chi connectivity index (χ3n) is 4.90. The molecule has 0 amide bonds. The van der Waals surface area contributed by atoms with Crippen LogP contribution in [0.2, 0.25) is 0 Å². The zero-order valence-corrected chi connectivity index (χ0v) is 20.0. The number of hydrogen-bond donors (Lipinski definition) is 2. The van der Waals surface area contributed by atoms with Gasteiger partial charge in [-0.3, -0.25) is 14.6 Å². The Balaban J connectivity index is 0.00000320. The molecule has 0 aliphatic carbocycles. The maximum Gasteiger partial charge on any atom is 0.191 e. The minimum absolute atomic E-state index is 0. The van der Waals surface area contributed by atoms with Gasteiger partial charge in [-0.1, -0.05) is 12.1 Å². The molecule has 9 heteroatoms. The van der Waals surface area contributed by atoms with Crippen molar-refractivity contribution in [2.75, 3.05) is 45.9 Å². The van der Waals surface area contributed by atoms with E-state index in [0.717, 1.165) is 49.8 Å². The monoisotopic (exact) mass is 530 g/mol. The Morgan fingerprint density at radius 1 is 1.23 bits per heavy atom. The van der Waals surface area contributed by atoms with Crippen LogP contribution in [0.1, 0.15) is 24.1 Å². The zero-order chi connectivity index (χ0) is 20.5. The first-order valence-corrected chi connectivity index (χ1v) is 10.2. The average molecular weight is 530 g/mol. The van der Waals surface area contributed by atoms with Gasteiger partial charge in [-0.05, 0) is 37.1 Å². The Labute approximate surface area is 195 Å². The highest BCUT2D eigenvalue weighted by Gasteiger charge is 2.22. The van der Waals surface area contributed by atoms with E-state index in [9.17, 15) is 4.39 Å². The van der Waals surface area contributed by atoms with Gasteiger partial charge in [0.25, 0.3) is 0 Å². The number of halogens is 2. The lowest BCUT2D eigenvalue weighted by molar-refractivity contribution is 0.0179. The van der Waals surface area contributed by atoms with Crippen molar-refractivity contribution in [3.8, 4) is 0 Å². The molecule has 1 unspecified atom stereocenters. The van der Waals surface area contributed by atoms with E-state index in [4.69, 9.17) is 9.73 Å². The second-order valence-corrected chi connectivity index (χ2v) is 7.14. The van der Waals surface area contributed by atoms with Gasteiger partial charge in [-0.2, -0.15) is 5.10 Å². The van der Waals surface area contributed by atoms with Gasteiger partial charge in [0.2, 0.25) is 0 Å². The number of aromatic nitrogens is 2. The molecular weight excluding hydrogens is 498 g/mol. The van der Waals surface area contributed by atoms with E-state index in [-0.39, 0.29) is 35.8 Å². The molecule has 1 saturated heterocycles. The normalized spacial score (nSPS) is 16.0. The third-order valence-corrected chi connectivity index (χ3v) is 4.90. The fourth-order valence-electron chi connectivity index (χ4n) is 3.40. The fraction of sp³-hybridized carbons (Fsp3) is 0.524. The summed E-state index contributed by atoms with van der Waals surface area (Å²) in [6, 6.07) is 6.82. The molecule has 3 rings (SSSR count). The maximum atomic E-state index is 13.4. The van der Waals surface area contributed by atoms with Gasteiger partial charge in [-0.15, -0.1) is 24.0 Å². The van der Waals surface area contributed by atoms with Crippen LogP contribution in [0.15, 0.2) is 41.7 Å². The van der Waals surface area contributed by atoms with E-state index in [1.54, 1.807) is 0 Å². The van der Waals surface area contributed by atoms with Crippen molar-refractivity contribution in [1.29, 1.82) is 0 Å². The molecule has 2 heterocycles. The second-order valence-electron chi connectivity index (χ2n) is 7.14.